The SMILES string of the molecule is COCCN(C)CC[C@@H](C)[C@@H](O)C1C(=O)NC([C@@H](C)O)C(=O)N(C)CC(=O)N(C)[C@@H](CC(C)C)C(=O)N[C@H](CC(C)C)N(C)[C@H](CC(C)C)N[C@H](C)C(=O)OC(=O)N(C)[C@H](CC(C)C)C(=O)N[C@H](CC(C)C)C(=O)N(C)C(C(C)C)C(=O)N1C. The van der Waals surface area contributed by atoms with E-state index in [9.17, 15) is 48.6 Å². The molecule has 0 aliphatic carbocycles. The van der Waals surface area contributed by atoms with Crippen molar-refractivity contribution in [1.82, 2.24) is 55.6 Å². The number of amides is 8. The van der Waals surface area contributed by atoms with E-state index >= 15 is 4.79 Å². The maximum absolute atomic E-state index is 15.2. The molecule has 1 saturated heterocycles. The Labute approximate surface area is 503 Å². The van der Waals surface area contributed by atoms with Crippen molar-refractivity contribution < 1.29 is 62.8 Å². The van der Waals surface area contributed by atoms with Crippen molar-refractivity contribution in [2.75, 3.05) is 82.7 Å². The van der Waals surface area contributed by atoms with Gasteiger partial charge in [0.25, 0.3) is 0 Å². The van der Waals surface area contributed by atoms with Crippen LogP contribution in [0.2, 0.25) is 0 Å². The third kappa shape index (κ3) is 24.0. The Morgan fingerprint density at radius 1 is 0.583 bits per heavy atom. The number of nitrogens with zero attached hydrogens (tertiary/aromatic N) is 7. The van der Waals surface area contributed by atoms with Crippen LogP contribution in [0.5, 0.6) is 0 Å². The zero-order chi connectivity index (χ0) is 64.9. The number of likely N-dealkylation sites (N-methyl/N-ethyl adjacent to an activating group) is 6. The molecular formula is C60H113N11O13. The van der Waals surface area contributed by atoms with Gasteiger partial charge in [0.05, 0.1) is 37.7 Å². The maximum Gasteiger partial charge on any atom is 0.417 e. The normalized spacial score (nSPS) is 26.3. The number of nitrogens with one attached hydrogen (secondary N) is 4. The average molecular weight is 1200 g/mol. The van der Waals surface area contributed by atoms with Gasteiger partial charge in [-0.25, -0.2) is 9.59 Å². The Morgan fingerprint density at radius 2 is 1.07 bits per heavy atom. The molecule has 24 heteroatoms. The minimum Gasteiger partial charge on any atom is -0.391 e. The van der Waals surface area contributed by atoms with Gasteiger partial charge in [-0.15, -0.1) is 0 Å². The highest BCUT2D eigenvalue weighted by atomic mass is 16.6. The highest BCUT2D eigenvalue weighted by Crippen LogP contribution is 2.24. The van der Waals surface area contributed by atoms with Crippen LogP contribution >= 0.6 is 0 Å². The monoisotopic (exact) mass is 1200 g/mol. The van der Waals surface area contributed by atoms with Gasteiger partial charge >= 0.3 is 12.1 Å². The molecule has 84 heavy (non-hydrogen) atoms. The maximum atomic E-state index is 15.2. The van der Waals surface area contributed by atoms with Gasteiger partial charge < -0.3 is 60.1 Å². The fraction of sp³-hybridized carbons (Fsp3) is 0.850. The molecule has 0 spiro atoms. The second kappa shape index (κ2) is 36.2. The molecule has 0 aromatic rings. The smallest absolute Gasteiger partial charge is 0.391 e. The van der Waals surface area contributed by atoms with E-state index in [1.54, 1.807) is 41.9 Å². The zero-order valence-corrected chi connectivity index (χ0v) is 55.5. The number of methoxy groups -OCH3 is 1. The quantitative estimate of drug-likeness (QED) is 0.0755. The Bertz CT molecular complexity index is 2130. The highest BCUT2D eigenvalue weighted by Gasteiger charge is 2.45. The minimum atomic E-state index is -1.72. The van der Waals surface area contributed by atoms with Gasteiger partial charge in [-0.05, 0) is 114 Å². The van der Waals surface area contributed by atoms with Gasteiger partial charge in [-0.3, -0.25) is 48.7 Å². The topological polar surface area (TPSA) is 283 Å². The first-order chi connectivity index (χ1) is 38.8. The van der Waals surface area contributed by atoms with Gasteiger partial charge in [0.15, 0.2) is 0 Å². The summed E-state index contributed by atoms with van der Waals surface area (Å²) in [7, 11) is 12.1. The van der Waals surface area contributed by atoms with Crippen LogP contribution in [0.3, 0.4) is 0 Å². The van der Waals surface area contributed by atoms with Crippen LogP contribution in [0.25, 0.3) is 0 Å². The first kappa shape index (κ1) is 77.0. The predicted molar refractivity (Wildman–Crippen MR) is 323 cm³/mol. The number of carbonyl (C=O) groups excluding carboxylic acids is 9. The van der Waals surface area contributed by atoms with Crippen LogP contribution in [-0.4, -0.2) is 247 Å². The Hall–Kier alpha value is -5.01. The summed E-state index contributed by atoms with van der Waals surface area (Å²) in [5.74, 6) is -7.66. The summed E-state index contributed by atoms with van der Waals surface area (Å²) in [5, 5.41) is 35.4. The number of aliphatic hydroxyl groups is 2. The average Bonchev–Trinajstić information content (AvgIpc) is 2.23. The van der Waals surface area contributed by atoms with Crippen LogP contribution in [0.15, 0.2) is 0 Å². The summed E-state index contributed by atoms with van der Waals surface area (Å²) in [6, 6.07) is -9.31. The van der Waals surface area contributed by atoms with E-state index in [1.165, 1.54) is 52.0 Å². The molecule has 1 rings (SSSR count). The van der Waals surface area contributed by atoms with E-state index in [0.29, 0.717) is 39.0 Å². The standard InChI is InChI=1S/C60H113N11O13/c1-34(2)28-43-56(78)70(21)50(39(11)12)58(80)71(22)51(52(74)40(13)24-25-65(16)26-27-83-23)55(77)64-49(42(15)72)57(79)66(17)33-48(73)67(18)44(29-35(3)4)54(76)63-47(32-38(9)10)69(20)46(31-37(7)8)61-41(14)59(81)84-60(82)68(19)45(30-36(5)6)53(75)62-43/h34-47,49-52,61,72,74H,24-33H2,1-23H3,(H,62,75)(H,63,76)(H,64,77)/t40-,41-,42-,43-,44+,45-,46-,47+,49?,50?,51?,52-/m1/s1. The zero-order valence-electron chi connectivity index (χ0n) is 55.5. The fourth-order valence-corrected chi connectivity index (χ4v) is 10.4. The van der Waals surface area contributed by atoms with Crippen LogP contribution in [-0.2, 0) is 47.8 Å². The molecule has 1 heterocycles. The Balaban J connectivity index is 4.33. The number of ether oxygens (including phenoxy) is 2. The number of rotatable bonds is 20. The lowest BCUT2D eigenvalue weighted by atomic mass is 9.91. The first-order valence-electron chi connectivity index (χ1n) is 30.3. The summed E-state index contributed by atoms with van der Waals surface area (Å²) in [6.45, 7) is 28.0. The van der Waals surface area contributed by atoms with Crippen molar-refractivity contribution in [3.05, 3.63) is 0 Å². The molecule has 486 valence electrons. The van der Waals surface area contributed by atoms with Crippen molar-refractivity contribution in [3.8, 4) is 0 Å². The first-order valence-corrected chi connectivity index (χ1v) is 30.3. The number of aliphatic hydroxyl groups excluding tert-OH is 2. The largest absolute Gasteiger partial charge is 0.417 e. The van der Waals surface area contributed by atoms with Crippen LogP contribution in [0, 0.1) is 41.4 Å². The Kier molecular flexibility index (Phi) is 33.2. The molecule has 1 aliphatic rings. The third-order valence-electron chi connectivity index (χ3n) is 15.6. The van der Waals surface area contributed by atoms with Crippen LogP contribution < -0.4 is 21.3 Å². The molecular weight excluding hydrogens is 1080 g/mol. The summed E-state index contributed by atoms with van der Waals surface area (Å²) in [6.07, 6.45) is -3.77. The molecule has 0 aromatic carbocycles. The lowest BCUT2D eigenvalue weighted by Gasteiger charge is -2.40. The van der Waals surface area contributed by atoms with Crippen LogP contribution in [0.1, 0.15) is 142 Å². The van der Waals surface area contributed by atoms with Crippen molar-refractivity contribution in [3.63, 3.8) is 0 Å². The molecule has 1 fully saturated rings. The van der Waals surface area contributed by atoms with E-state index in [4.69, 9.17) is 9.47 Å². The molecule has 1 aliphatic heterocycles. The number of hydrogen-bond acceptors (Lipinski definition) is 16. The van der Waals surface area contributed by atoms with Crippen LogP contribution in [0.4, 0.5) is 4.79 Å². The fourth-order valence-electron chi connectivity index (χ4n) is 10.4. The number of cyclic esters (lactones) is 2. The number of carbonyl (C=O) groups is 9. The van der Waals surface area contributed by atoms with E-state index in [-0.39, 0.29) is 48.9 Å². The molecule has 0 aromatic heterocycles. The highest BCUT2D eigenvalue weighted by molar-refractivity contribution is 5.98. The lowest BCUT2D eigenvalue weighted by Crippen LogP contribution is -2.64. The summed E-state index contributed by atoms with van der Waals surface area (Å²) in [4.78, 5) is 140. The number of esters is 1. The molecule has 0 saturated carbocycles. The summed E-state index contributed by atoms with van der Waals surface area (Å²) >= 11 is 0. The molecule has 0 bridgehead atoms. The molecule has 24 nitrogen and oxygen atoms in total. The molecule has 0 radical (unpaired) electrons. The molecule has 8 amide bonds. The van der Waals surface area contributed by atoms with Gasteiger partial charge in [-0.2, -0.15) is 0 Å². The van der Waals surface area contributed by atoms with Crippen molar-refractivity contribution in [2.24, 2.45) is 41.4 Å². The summed E-state index contributed by atoms with van der Waals surface area (Å²) < 4.78 is 10.7. The third-order valence-corrected chi connectivity index (χ3v) is 15.6. The van der Waals surface area contributed by atoms with Gasteiger partial charge in [0.2, 0.25) is 41.4 Å². The lowest BCUT2D eigenvalue weighted by molar-refractivity contribution is -0.155. The van der Waals surface area contributed by atoms with E-state index in [1.807, 2.05) is 86.1 Å². The van der Waals surface area contributed by atoms with E-state index < -0.39 is 139 Å². The molecule has 12 atom stereocenters. The van der Waals surface area contributed by atoms with E-state index in [2.05, 4.69) is 21.3 Å². The minimum absolute atomic E-state index is 0.0504. The van der Waals surface area contributed by atoms with Gasteiger partial charge in [0, 0.05) is 48.9 Å². The Morgan fingerprint density at radius 3 is 1.56 bits per heavy atom. The van der Waals surface area contributed by atoms with Crippen molar-refractivity contribution >= 4 is 53.4 Å². The van der Waals surface area contributed by atoms with E-state index in [0.717, 1.165) is 14.7 Å². The van der Waals surface area contributed by atoms with Gasteiger partial charge in [0.1, 0.15) is 42.3 Å². The van der Waals surface area contributed by atoms with Crippen molar-refractivity contribution in [1.29, 1.82) is 0 Å². The summed E-state index contributed by atoms with van der Waals surface area (Å²) in [5.41, 5.74) is 0. The van der Waals surface area contributed by atoms with Gasteiger partial charge in [-0.1, -0.05) is 90.0 Å². The number of hydrogen-bond donors (Lipinski definition) is 6. The second-order valence-electron chi connectivity index (χ2n) is 26.1. The second-order valence-corrected chi connectivity index (χ2v) is 26.1. The predicted octanol–water partition coefficient (Wildman–Crippen LogP) is 2.78. The molecule has 6 N–H and O–H groups in total. The van der Waals surface area contributed by atoms with Crippen molar-refractivity contribution in [2.45, 2.75) is 209 Å². The molecule has 3 unspecified atom stereocenters.